The van der Waals surface area contributed by atoms with Gasteiger partial charge in [0.25, 0.3) is 10.0 Å². The van der Waals surface area contributed by atoms with Crippen LogP contribution in [-0.2, 0) is 10.0 Å². The second-order valence-corrected chi connectivity index (χ2v) is 5.69. The molecule has 5 nitrogen and oxygen atoms in total. The normalized spacial score (nSPS) is 11.5. The fourth-order valence-corrected chi connectivity index (χ4v) is 3.44. The Morgan fingerprint density at radius 3 is 2.61 bits per heavy atom. The van der Waals surface area contributed by atoms with Gasteiger partial charge in [-0.15, -0.1) is 0 Å². The van der Waals surface area contributed by atoms with Crippen LogP contribution in [-0.4, -0.2) is 13.6 Å². The summed E-state index contributed by atoms with van der Waals surface area (Å²) in [7, 11) is -4.20. The molecule has 96 valence electrons. The third kappa shape index (κ3) is 2.51. The first kappa shape index (κ1) is 13.0. The van der Waals surface area contributed by atoms with Crippen LogP contribution in [0.1, 0.15) is 0 Å². The van der Waals surface area contributed by atoms with E-state index in [9.17, 15) is 17.2 Å². The van der Waals surface area contributed by atoms with E-state index in [1.807, 2.05) is 4.72 Å². The Morgan fingerprint density at radius 2 is 2.06 bits per heavy atom. The highest BCUT2D eigenvalue weighted by Gasteiger charge is 2.24. The van der Waals surface area contributed by atoms with Gasteiger partial charge in [-0.25, -0.2) is 17.2 Å². The van der Waals surface area contributed by atoms with Gasteiger partial charge in [0.2, 0.25) is 0 Å². The molecular formula is C9H5BrF2N2O3S. The molecule has 0 unspecified atom stereocenters. The van der Waals surface area contributed by atoms with Gasteiger partial charge in [0.1, 0.15) is 28.5 Å². The number of nitrogens with zero attached hydrogens (tertiary/aromatic N) is 1. The van der Waals surface area contributed by atoms with Gasteiger partial charge in [0, 0.05) is 10.5 Å². The van der Waals surface area contributed by atoms with Crippen molar-refractivity contribution in [2.75, 3.05) is 4.72 Å². The fraction of sp³-hybridized carbons (Fsp3) is 0. The molecule has 0 atom stereocenters. The molecular weight excluding hydrogens is 334 g/mol. The van der Waals surface area contributed by atoms with E-state index in [0.717, 1.165) is 18.5 Å². The fourth-order valence-electron chi connectivity index (χ4n) is 1.25. The van der Waals surface area contributed by atoms with Gasteiger partial charge in [0.05, 0.1) is 6.20 Å². The van der Waals surface area contributed by atoms with Crippen molar-refractivity contribution in [3.63, 3.8) is 0 Å². The molecule has 1 N–H and O–H groups in total. The molecule has 0 spiro atoms. The summed E-state index contributed by atoms with van der Waals surface area (Å²) in [4.78, 5) is -0.690. The summed E-state index contributed by atoms with van der Waals surface area (Å²) >= 11 is 2.80. The minimum atomic E-state index is -4.20. The Kier molecular flexibility index (Phi) is 3.35. The standard InChI is InChI=1S/C9H5BrF2N2O3S/c10-7-1-5(11)2-8(12)9(7)18(15,16)14-6-3-13-17-4-6/h1-4,14H. The van der Waals surface area contributed by atoms with Crippen LogP contribution < -0.4 is 4.72 Å². The molecule has 9 heteroatoms. The summed E-state index contributed by atoms with van der Waals surface area (Å²) in [6.45, 7) is 0. The summed E-state index contributed by atoms with van der Waals surface area (Å²) in [6.07, 6.45) is 2.14. The highest BCUT2D eigenvalue weighted by atomic mass is 79.9. The SMILES string of the molecule is O=S(=O)(Nc1cnoc1)c1c(F)cc(F)cc1Br. The monoisotopic (exact) mass is 338 g/mol. The lowest BCUT2D eigenvalue weighted by atomic mass is 10.3. The molecule has 1 heterocycles. The lowest BCUT2D eigenvalue weighted by Gasteiger charge is -2.08. The van der Waals surface area contributed by atoms with Gasteiger partial charge in [-0.1, -0.05) is 5.16 Å². The Morgan fingerprint density at radius 1 is 1.33 bits per heavy atom. The van der Waals surface area contributed by atoms with Crippen LogP contribution in [0.4, 0.5) is 14.5 Å². The van der Waals surface area contributed by atoms with E-state index in [4.69, 9.17) is 0 Å². The van der Waals surface area contributed by atoms with E-state index in [0.29, 0.717) is 6.07 Å². The molecule has 0 bridgehead atoms. The summed E-state index contributed by atoms with van der Waals surface area (Å²) in [5.41, 5.74) is 0.0330. The zero-order valence-corrected chi connectivity index (χ0v) is 10.9. The summed E-state index contributed by atoms with van der Waals surface area (Å²) in [5, 5.41) is 3.29. The molecule has 0 saturated heterocycles. The minimum absolute atomic E-state index is 0.0330. The number of benzene rings is 1. The second-order valence-electron chi connectivity index (χ2n) is 3.22. The van der Waals surface area contributed by atoms with Crippen molar-refractivity contribution in [3.8, 4) is 0 Å². The molecule has 0 fully saturated rings. The first-order valence-electron chi connectivity index (χ1n) is 4.47. The highest BCUT2D eigenvalue weighted by Crippen LogP contribution is 2.27. The Labute approximate surface area is 109 Å². The molecule has 1 aromatic heterocycles. The summed E-state index contributed by atoms with van der Waals surface area (Å²) < 4.78 is 56.4. The van der Waals surface area contributed by atoms with Crippen molar-refractivity contribution in [1.29, 1.82) is 0 Å². The smallest absolute Gasteiger partial charge is 0.266 e. The van der Waals surface area contributed by atoms with E-state index < -0.39 is 26.6 Å². The van der Waals surface area contributed by atoms with Crippen molar-refractivity contribution in [2.45, 2.75) is 4.90 Å². The predicted molar refractivity (Wildman–Crippen MR) is 61.4 cm³/mol. The molecule has 18 heavy (non-hydrogen) atoms. The quantitative estimate of drug-likeness (QED) is 0.933. The molecule has 0 aliphatic rings. The van der Waals surface area contributed by atoms with Crippen LogP contribution in [0.5, 0.6) is 0 Å². The van der Waals surface area contributed by atoms with Gasteiger partial charge in [-0.2, -0.15) is 0 Å². The van der Waals surface area contributed by atoms with Crippen molar-refractivity contribution in [1.82, 2.24) is 5.16 Å². The molecule has 0 amide bonds. The number of hydrogen-bond acceptors (Lipinski definition) is 4. The summed E-state index contributed by atoms with van der Waals surface area (Å²) in [5.74, 6) is -2.09. The number of halogens is 3. The molecule has 0 aliphatic heterocycles. The van der Waals surface area contributed by atoms with Crippen molar-refractivity contribution >= 4 is 31.6 Å². The number of rotatable bonds is 3. The first-order valence-corrected chi connectivity index (χ1v) is 6.74. The third-order valence-corrected chi connectivity index (χ3v) is 4.26. The van der Waals surface area contributed by atoms with Crippen LogP contribution in [0.2, 0.25) is 0 Å². The zero-order valence-electron chi connectivity index (χ0n) is 8.52. The van der Waals surface area contributed by atoms with Crippen molar-refractivity contribution in [3.05, 3.63) is 40.7 Å². The lowest BCUT2D eigenvalue weighted by Crippen LogP contribution is -2.15. The summed E-state index contributed by atoms with van der Waals surface area (Å²) in [6, 6.07) is 1.33. The topological polar surface area (TPSA) is 72.2 Å². The Balaban J connectivity index is 2.48. The maximum Gasteiger partial charge on any atom is 0.266 e. The van der Waals surface area contributed by atoms with Crippen LogP contribution in [0.15, 0.2) is 38.5 Å². The highest BCUT2D eigenvalue weighted by molar-refractivity contribution is 9.10. The second kappa shape index (κ2) is 4.65. The number of aromatic nitrogens is 1. The zero-order chi connectivity index (χ0) is 13.3. The largest absolute Gasteiger partial charge is 0.362 e. The predicted octanol–water partition coefficient (Wildman–Crippen LogP) is 2.52. The van der Waals surface area contributed by atoms with Crippen LogP contribution in [0.3, 0.4) is 0 Å². The molecule has 0 saturated carbocycles. The number of hydrogen-bond donors (Lipinski definition) is 1. The van der Waals surface area contributed by atoms with Crippen LogP contribution in [0.25, 0.3) is 0 Å². The van der Waals surface area contributed by atoms with E-state index in [2.05, 4.69) is 25.6 Å². The molecule has 2 rings (SSSR count). The average Bonchev–Trinajstić information content (AvgIpc) is 2.66. The van der Waals surface area contributed by atoms with Crippen molar-refractivity contribution < 1.29 is 21.7 Å². The molecule has 2 aromatic rings. The average molecular weight is 339 g/mol. The van der Waals surface area contributed by atoms with E-state index >= 15 is 0 Å². The van der Waals surface area contributed by atoms with E-state index in [1.165, 1.54) is 0 Å². The Hall–Kier alpha value is -1.48. The maximum absolute atomic E-state index is 13.5. The van der Waals surface area contributed by atoms with Gasteiger partial charge < -0.3 is 4.52 Å². The van der Waals surface area contributed by atoms with Crippen LogP contribution >= 0.6 is 15.9 Å². The lowest BCUT2D eigenvalue weighted by molar-refractivity contribution is 0.420. The maximum atomic E-state index is 13.5. The number of sulfonamides is 1. The third-order valence-electron chi connectivity index (χ3n) is 1.92. The first-order chi connectivity index (χ1) is 8.40. The van der Waals surface area contributed by atoms with Crippen molar-refractivity contribution in [2.24, 2.45) is 0 Å². The van der Waals surface area contributed by atoms with Crippen LogP contribution in [0, 0.1) is 11.6 Å². The van der Waals surface area contributed by atoms with E-state index in [-0.39, 0.29) is 10.2 Å². The number of nitrogens with one attached hydrogen (secondary N) is 1. The number of anilines is 1. The molecule has 1 aromatic carbocycles. The Bertz CT molecular complexity index is 650. The molecule has 0 aliphatic carbocycles. The van der Waals surface area contributed by atoms with Gasteiger partial charge in [0.15, 0.2) is 0 Å². The minimum Gasteiger partial charge on any atom is -0.362 e. The van der Waals surface area contributed by atoms with Gasteiger partial charge >= 0.3 is 0 Å². The van der Waals surface area contributed by atoms with Gasteiger partial charge in [-0.05, 0) is 22.0 Å². The van der Waals surface area contributed by atoms with E-state index in [1.54, 1.807) is 0 Å². The van der Waals surface area contributed by atoms with Gasteiger partial charge in [-0.3, -0.25) is 4.72 Å². The molecule has 0 radical (unpaired) electrons.